The highest BCUT2D eigenvalue weighted by Gasteiger charge is 2.45. The molecule has 2 aliphatic rings. The number of rotatable bonds is 5. The Balaban J connectivity index is 1.60. The van der Waals surface area contributed by atoms with Crippen molar-refractivity contribution in [3.05, 3.63) is 69.1 Å². The minimum absolute atomic E-state index is 0.0673. The summed E-state index contributed by atoms with van der Waals surface area (Å²) in [7, 11) is 0. The summed E-state index contributed by atoms with van der Waals surface area (Å²) in [5.74, 6) is -0.565. The molecule has 8 heteroatoms. The van der Waals surface area contributed by atoms with E-state index in [0.717, 1.165) is 37.1 Å². The summed E-state index contributed by atoms with van der Waals surface area (Å²) >= 11 is 0. The molecule has 1 atom stereocenters. The molecule has 8 nitrogen and oxygen atoms in total. The normalized spacial score (nSPS) is 17.4. The summed E-state index contributed by atoms with van der Waals surface area (Å²) < 4.78 is 1.44. The number of fused-ring (bicyclic) bond motifs is 1. The van der Waals surface area contributed by atoms with E-state index in [1.165, 1.54) is 17.2 Å². The highest BCUT2D eigenvalue weighted by Crippen LogP contribution is 2.53. The predicted octanol–water partition coefficient (Wildman–Crippen LogP) is 4.13. The second kappa shape index (κ2) is 8.17. The zero-order chi connectivity index (χ0) is 24.0. The fourth-order valence-corrected chi connectivity index (χ4v) is 5.02. The lowest BCUT2D eigenvalue weighted by Gasteiger charge is -2.33. The number of nitrogens with zero attached hydrogens (tertiary/aromatic N) is 4. The SMILES string of the molecule is Cc1cc([C@@H](C)Nc2ccccc2C(=O)O)c2nc(N3CCC4(CC3)CC4)c(C#N)c(=O)n2c1. The van der Waals surface area contributed by atoms with E-state index in [1.807, 2.05) is 19.9 Å². The molecule has 1 spiro atoms. The van der Waals surface area contributed by atoms with Crippen molar-refractivity contribution < 1.29 is 9.90 Å². The van der Waals surface area contributed by atoms with Crippen molar-refractivity contribution in [1.29, 1.82) is 5.26 Å². The molecule has 2 fully saturated rings. The van der Waals surface area contributed by atoms with Crippen LogP contribution in [-0.2, 0) is 0 Å². The van der Waals surface area contributed by atoms with Crippen molar-refractivity contribution >= 4 is 23.1 Å². The minimum atomic E-state index is -1.02. The standard InChI is InChI=1S/C26H27N5O3/c1-16-13-19(17(2)28-21-6-4-3-5-18(21)25(33)34)23-29-22(20(14-27)24(32)31(23)15-16)30-11-9-26(7-8-26)10-12-30/h3-6,13,15,17,28H,7-12H2,1-2H3,(H,33,34)/t17-/m1/s1. The van der Waals surface area contributed by atoms with Gasteiger partial charge in [-0.2, -0.15) is 5.26 Å². The van der Waals surface area contributed by atoms with E-state index in [-0.39, 0.29) is 22.7 Å². The number of aromatic carboxylic acids is 1. The van der Waals surface area contributed by atoms with Crippen LogP contribution in [0.4, 0.5) is 11.5 Å². The topological polar surface area (TPSA) is 111 Å². The highest BCUT2D eigenvalue weighted by atomic mass is 16.4. The summed E-state index contributed by atoms with van der Waals surface area (Å²) in [5.41, 5.74) is 2.90. The van der Waals surface area contributed by atoms with Crippen LogP contribution in [0.25, 0.3) is 5.65 Å². The van der Waals surface area contributed by atoms with Crippen LogP contribution in [0.5, 0.6) is 0 Å². The van der Waals surface area contributed by atoms with E-state index in [1.54, 1.807) is 30.5 Å². The smallest absolute Gasteiger partial charge is 0.337 e. The van der Waals surface area contributed by atoms with Gasteiger partial charge in [-0.15, -0.1) is 0 Å². The van der Waals surface area contributed by atoms with Gasteiger partial charge >= 0.3 is 5.97 Å². The molecule has 3 heterocycles. The third kappa shape index (κ3) is 3.77. The van der Waals surface area contributed by atoms with Crippen LogP contribution in [0.1, 0.15) is 65.7 Å². The van der Waals surface area contributed by atoms with Crippen molar-refractivity contribution in [2.24, 2.45) is 5.41 Å². The molecule has 1 aliphatic carbocycles. The Morgan fingerprint density at radius 3 is 2.59 bits per heavy atom. The molecule has 5 rings (SSSR count). The number of hydrogen-bond acceptors (Lipinski definition) is 6. The molecule has 0 bridgehead atoms. The number of nitriles is 1. The molecule has 1 saturated heterocycles. The average Bonchev–Trinajstić information content (AvgIpc) is 3.58. The van der Waals surface area contributed by atoms with Gasteiger partial charge in [0.15, 0.2) is 11.4 Å². The van der Waals surface area contributed by atoms with Crippen molar-refractivity contribution in [2.45, 2.75) is 45.6 Å². The number of hydrogen-bond donors (Lipinski definition) is 2. The predicted molar refractivity (Wildman–Crippen MR) is 129 cm³/mol. The lowest BCUT2D eigenvalue weighted by Crippen LogP contribution is -2.37. The molecule has 174 valence electrons. The van der Waals surface area contributed by atoms with Crippen molar-refractivity contribution in [1.82, 2.24) is 9.38 Å². The van der Waals surface area contributed by atoms with Crippen LogP contribution < -0.4 is 15.8 Å². The lowest BCUT2D eigenvalue weighted by atomic mass is 9.93. The molecule has 1 aromatic carbocycles. The van der Waals surface area contributed by atoms with E-state index in [4.69, 9.17) is 4.98 Å². The summed E-state index contributed by atoms with van der Waals surface area (Å²) in [6.45, 7) is 5.37. The number of pyridine rings is 1. The van der Waals surface area contributed by atoms with Crippen LogP contribution in [0.15, 0.2) is 41.3 Å². The van der Waals surface area contributed by atoms with Gasteiger partial charge in [0, 0.05) is 30.5 Å². The molecule has 0 amide bonds. The number of carboxylic acids is 1. The van der Waals surface area contributed by atoms with Crippen molar-refractivity contribution in [2.75, 3.05) is 23.3 Å². The number of anilines is 2. The van der Waals surface area contributed by atoms with Gasteiger partial charge in [0.05, 0.1) is 11.6 Å². The fraction of sp³-hybridized carbons (Fsp3) is 0.385. The molecular formula is C26H27N5O3. The van der Waals surface area contributed by atoms with Gasteiger partial charge in [0.2, 0.25) is 0 Å². The van der Waals surface area contributed by atoms with Crippen molar-refractivity contribution in [3.8, 4) is 6.07 Å². The minimum Gasteiger partial charge on any atom is -0.478 e. The first-order valence-corrected chi connectivity index (χ1v) is 11.6. The third-order valence-electron chi connectivity index (χ3n) is 7.26. The van der Waals surface area contributed by atoms with E-state index in [9.17, 15) is 20.0 Å². The largest absolute Gasteiger partial charge is 0.478 e. The number of nitrogens with one attached hydrogen (secondary N) is 1. The first-order valence-electron chi connectivity index (χ1n) is 11.6. The average molecular weight is 458 g/mol. The molecular weight excluding hydrogens is 430 g/mol. The van der Waals surface area contributed by atoms with Gasteiger partial charge < -0.3 is 15.3 Å². The third-order valence-corrected chi connectivity index (χ3v) is 7.26. The number of para-hydroxylation sites is 1. The monoisotopic (exact) mass is 457 g/mol. The molecule has 3 aromatic rings. The van der Waals surface area contributed by atoms with Gasteiger partial charge in [-0.1, -0.05) is 12.1 Å². The quantitative estimate of drug-likeness (QED) is 0.593. The van der Waals surface area contributed by atoms with E-state index < -0.39 is 5.97 Å². The lowest BCUT2D eigenvalue weighted by molar-refractivity contribution is 0.0698. The Kier molecular flexibility index (Phi) is 5.28. The fourth-order valence-electron chi connectivity index (χ4n) is 5.02. The Labute approximate surface area is 197 Å². The van der Waals surface area contributed by atoms with Crippen LogP contribution in [0, 0.1) is 23.7 Å². The Morgan fingerprint density at radius 2 is 1.94 bits per heavy atom. The number of carbonyl (C=O) groups is 1. The van der Waals surface area contributed by atoms with Crippen LogP contribution in [0.2, 0.25) is 0 Å². The molecule has 1 aliphatic heterocycles. The van der Waals surface area contributed by atoms with E-state index in [2.05, 4.69) is 16.3 Å². The number of carboxylic acid groups (broad SMARTS) is 1. The van der Waals surface area contributed by atoms with Gasteiger partial charge in [0.1, 0.15) is 11.7 Å². The second-order valence-corrected chi connectivity index (χ2v) is 9.60. The first kappa shape index (κ1) is 22.0. The van der Waals surface area contributed by atoms with Gasteiger partial charge in [-0.05, 0) is 68.7 Å². The second-order valence-electron chi connectivity index (χ2n) is 9.60. The van der Waals surface area contributed by atoms with Crippen LogP contribution >= 0.6 is 0 Å². The molecule has 2 aromatic heterocycles. The van der Waals surface area contributed by atoms with Gasteiger partial charge in [-0.3, -0.25) is 9.20 Å². The summed E-state index contributed by atoms with van der Waals surface area (Å²) in [5, 5.41) is 22.7. The molecule has 0 unspecified atom stereocenters. The zero-order valence-corrected chi connectivity index (χ0v) is 19.3. The molecule has 34 heavy (non-hydrogen) atoms. The number of aromatic nitrogens is 2. The zero-order valence-electron chi connectivity index (χ0n) is 19.3. The van der Waals surface area contributed by atoms with E-state index in [0.29, 0.717) is 22.6 Å². The Hall–Kier alpha value is -3.86. The highest BCUT2D eigenvalue weighted by molar-refractivity contribution is 5.94. The van der Waals surface area contributed by atoms with Gasteiger partial charge in [-0.25, -0.2) is 9.78 Å². The summed E-state index contributed by atoms with van der Waals surface area (Å²) in [6.07, 6.45) is 6.35. The maximum absolute atomic E-state index is 13.4. The van der Waals surface area contributed by atoms with Gasteiger partial charge in [0.25, 0.3) is 5.56 Å². The van der Waals surface area contributed by atoms with E-state index >= 15 is 0 Å². The Bertz CT molecular complexity index is 1390. The summed E-state index contributed by atoms with van der Waals surface area (Å²) in [6, 6.07) is 10.4. The summed E-state index contributed by atoms with van der Waals surface area (Å²) in [4.78, 5) is 32.0. The number of aryl methyl sites for hydroxylation is 1. The van der Waals surface area contributed by atoms with Crippen LogP contribution in [-0.4, -0.2) is 33.6 Å². The van der Waals surface area contributed by atoms with Crippen molar-refractivity contribution in [3.63, 3.8) is 0 Å². The maximum atomic E-state index is 13.4. The first-order chi connectivity index (χ1) is 16.3. The molecule has 0 radical (unpaired) electrons. The number of benzene rings is 1. The molecule has 2 N–H and O–H groups in total. The molecule has 1 saturated carbocycles. The number of piperidine rings is 1. The Morgan fingerprint density at radius 1 is 1.24 bits per heavy atom. The maximum Gasteiger partial charge on any atom is 0.337 e. The van der Waals surface area contributed by atoms with Crippen LogP contribution in [0.3, 0.4) is 0 Å².